The molecule has 1 unspecified atom stereocenters. The third-order valence-electron chi connectivity index (χ3n) is 2.66. The number of hydrogen-bond acceptors (Lipinski definition) is 4. The summed E-state index contributed by atoms with van der Waals surface area (Å²) in [6.07, 6.45) is 0.356. The lowest BCUT2D eigenvalue weighted by Crippen LogP contribution is -2.25. The molecule has 0 radical (unpaired) electrons. The van der Waals surface area contributed by atoms with Gasteiger partial charge in [0.05, 0.1) is 10.6 Å². The summed E-state index contributed by atoms with van der Waals surface area (Å²) in [7, 11) is -3.29. The van der Waals surface area contributed by atoms with Gasteiger partial charge in [-0.05, 0) is 26.8 Å². The van der Waals surface area contributed by atoms with Gasteiger partial charge in [-0.3, -0.25) is 9.36 Å². The quantitative estimate of drug-likeness (QED) is 0.464. The van der Waals surface area contributed by atoms with E-state index in [9.17, 15) is 24.2 Å². The molecule has 0 aliphatic carbocycles. The van der Waals surface area contributed by atoms with Crippen molar-refractivity contribution >= 4 is 36.8 Å². The average molecular weight is 357 g/mol. The number of aromatic carboxylic acids is 1. The van der Waals surface area contributed by atoms with Crippen molar-refractivity contribution in [2.45, 2.75) is 20.8 Å². The van der Waals surface area contributed by atoms with E-state index in [4.69, 9.17) is 0 Å². The van der Waals surface area contributed by atoms with Gasteiger partial charge in [0.15, 0.2) is 7.37 Å². The second-order valence-corrected chi connectivity index (χ2v) is 9.80. The highest BCUT2D eigenvalue weighted by Gasteiger charge is 2.22. The number of carbonyl (C=O) groups is 2. The van der Waals surface area contributed by atoms with Gasteiger partial charge in [0.2, 0.25) is 6.41 Å². The monoisotopic (exact) mass is 357 g/mol. The highest BCUT2D eigenvalue weighted by Crippen LogP contribution is 2.36. The first kappa shape index (κ1) is 19.4. The molecule has 2 N–H and O–H groups in total. The van der Waals surface area contributed by atoms with Crippen LogP contribution in [0.15, 0.2) is 6.07 Å². The second kappa shape index (κ2) is 7.31. The van der Waals surface area contributed by atoms with E-state index in [2.05, 4.69) is 11.8 Å². The number of carboxylic acid groups (broad SMARTS) is 1. The van der Waals surface area contributed by atoms with Crippen LogP contribution in [0.3, 0.4) is 0 Å². The molecule has 1 aromatic heterocycles. The SMILES string of the molecule is CC(C)(C)C#Cc1cc(N(C=O)CCP(C)(=O)O)c(C(=O)O)s1. The van der Waals surface area contributed by atoms with Crippen molar-refractivity contribution in [2.24, 2.45) is 5.41 Å². The van der Waals surface area contributed by atoms with Crippen LogP contribution in [0.1, 0.15) is 35.3 Å². The summed E-state index contributed by atoms with van der Waals surface area (Å²) in [6, 6.07) is 1.53. The van der Waals surface area contributed by atoms with Crippen molar-refractivity contribution in [1.29, 1.82) is 0 Å². The molecule has 6 nitrogen and oxygen atoms in total. The molecule has 23 heavy (non-hydrogen) atoms. The second-order valence-electron chi connectivity index (χ2n) is 6.20. The van der Waals surface area contributed by atoms with E-state index in [-0.39, 0.29) is 28.7 Å². The van der Waals surface area contributed by atoms with Crippen LogP contribution in [0, 0.1) is 17.3 Å². The van der Waals surface area contributed by atoms with E-state index in [0.717, 1.165) is 16.2 Å². The predicted molar refractivity (Wildman–Crippen MR) is 91.6 cm³/mol. The zero-order valence-electron chi connectivity index (χ0n) is 13.5. The Morgan fingerprint density at radius 1 is 1.48 bits per heavy atom. The van der Waals surface area contributed by atoms with Crippen LogP contribution in [0.4, 0.5) is 5.69 Å². The maximum absolute atomic E-state index is 11.4. The molecule has 1 rings (SSSR count). The Balaban J connectivity index is 3.18. The molecule has 1 atom stereocenters. The topological polar surface area (TPSA) is 94.9 Å². The van der Waals surface area contributed by atoms with E-state index in [1.807, 2.05) is 20.8 Å². The van der Waals surface area contributed by atoms with Crippen molar-refractivity contribution in [3.05, 3.63) is 15.8 Å². The van der Waals surface area contributed by atoms with Gasteiger partial charge in [-0.2, -0.15) is 0 Å². The van der Waals surface area contributed by atoms with Crippen LogP contribution in [-0.2, 0) is 9.36 Å². The molecule has 1 heterocycles. The lowest BCUT2D eigenvalue weighted by atomic mass is 9.98. The number of carboxylic acids is 1. The summed E-state index contributed by atoms with van der Waals surface area (Å²) >= 11 is 0.980. The standard InChI is InChI=1S/C15H20NO5PS/c1-15(2,3)6-5-11-9-12(13(23-11)14(18)19)16(10-17)7-8-22(4,20)21/h9-10H,7-8H2,1-4H3,(H,18,19)(H,20,21). The number of nitrogens with zero attached hydrogens (tertiary/aromatic N) is 1. The van der Waals surface area contributed by atoms with Crippen LogP contribution in [0.5, 0.6) is 0 Å². The minimum absolute atomic E-state index is 0.0146. The average Bonchev–Trinajstić information content (AvgIpc) is 2.79. The summed E-state index contributed by atoms with van der Waals surface area (Å²) in [5.41, 5.74) is -0.0342. The number of hydrogen-bond donors (Lipinski definition) is 2. The molecule has 0 fully saturated rings. The third-order valence-corrected chi connectivity index (χ3v) is 4.72. The van der Waals surface area contributed by atoms with Crippen LogP contribution in [-0.4, -0.2) is 41.8 Å². The summed E-state index contributed by atoms with van der Waals surface area (Å²) in [5.74, 6) is 4.75. The molecule has 1 amide bonds. The highest BCUT2D eigenvalue weighted by atomic mass is 32.1. The van der Waals surface area contributed by atoms with Crippen molar-refractivity contribution < 1.29 is 24.2 Å². The fourth-order valence-electron chi connectivity index (χ4n) is 1.58. The summed E-state index contributed by atoms with van der Waals surface area (Å²) < 4.78 is 11.4. The molecule has 1 aromatic rings. The van der Waals surface area contributed by atoms with E-state index < -0.39 is 13.3 Å². The maximum atomic E-state index is 11.4. The molecule has 0 saturated carbocycles. The fourth-order valence-corrected chi connectivity index (χ4v) is 3.03. The van der Waals surface area contributed by atoms with Gasteiger partial charge in [0, 0.05) is 24.8 Å². The number of anilines is 1. The first-order chi connectivity index (χ1) is 10.4. The van der Waals surface area contributed by atoms with Crippen molar-refractivity contribution in [3.8, 4) is 11.8 Å². The third kappa shape index (κ3) is 6.57. The molecule has 0 aliphatic heterocycles. The molecular formula is C15H20NO5PS. The van der Waals surface area contributed by atoms with E-state index >= 15 is 0 Å². The Morgan fingerprint density at radius 3 is 2.52 bits per heavy atom. The van der Waals surface area contributed by atoms with Crippen molar-refractivity contribution in [2.75, 3.05) is 24.3 Å². The molecule has 0 bridgehead atoms. The first-order valence-corrected chi connectivity index (χ1v) is 9.95. The van der Waals surface area contributed by atoms with Crippen molar-refractivity contribution in [3.63, 3.8) is 0 Å². The van der Waals surface area contributed by atoms with Gasteiger partial charge in [-0.1, -0.05) is 11.8 Å². The van der Waals surface area contributed by atoms with Crippen LogP contribution in [0.25, 0.3) is 0 Å². The molecule has 0 spiro atoms. The maximum Gasteiger partial charge on any atom is 0.348 e. The Labute approximate surface area is 139 Å². The number of carbonyl (C=O) groups excluding carboxylic acids is 1. The minimum Gasteiger partial charge on any atom is -0.477 e. The van der Waals surface area contributed by atoms with Gasteiger partial charge in [-0.25, -0.2) is 4.79 Å². The van der Waals surface area contributed by atoms with Crippen LogP contribution in [0.2, 0.25) is 0 Å². The minimum atomic E-state index is -3.29. The first-order valence-electron chi connectivity index (χ1n) is 6.84. The lowest BCUT2D eigenvalue weighted by molar-refractivity contribution is -0.107. The highest BCUT2D eigenvalue weighted by molar-refractivity contribution is 7.57. The zero-order chi connectivity index (χ0) is 17.8. The normalized spacial score (nSPS) is 13.6. The zero-order valence-corrected chi connectivity index (χ0v) is 15.2. The van der Waals surface area contributed by atoms with Crippen molar-refractivity contribution in [1.82, 2.24) is 0 Å². The molecule has 126 valence electrons. The Morgan fingerprint density at radius 2 is 2.09 bits per heavy atom. The largest absolute Gasteiger partial charge is 0.477 e. The number of amides is 1. The van der Waals surface area contributed by atoms with Crippen LogP contribution >= 0.6 is 18.7 Å². The summed E-state index contributed by atoms with van der Waals surface area (Å²) in [5, 5.41) is 9.30. The summed E-state index contributed by atoms with van der Waals surface area (Å²) in [6.45, 7) is 6.97. The predicted octanol–water partition coefficient (Wildman–Crippen LogP) is 2.71. The Kier molecular flexibility index (Phi) is 6.18. The summed E-state index contributed by atoms with van der Waals surface area (Å²) in [4.78, 5) is 33.6. The smallest absolute Gasteiger partial charge is 0.348 e. The van der Waals surface area contributed by atoms with Gasteiger partial charge in [-0.15, -0.1) is 11.3 Å². The van der Waals surface area contributed by atoms with Gasteiger partial charge < -0.3 is 14.9 Å². The molecular weight excluding hydrogens is 337 g/mol. The molecule has 0 aliphatic rings. The molecule has 8 heteroatoms. The Bertz CT molecular complexity index is 702. The molecule has 0 saturated heterocycles. The molecule has 0 aromatic carbocycles. The number of rotatable bonds is 6. The fraction of sp³-hybridized carbons (Fsp3) is 0.467. The van der Waals surface area contributed by atoms with E-state index in [1.165, 1.54) is 12.7 Å². The van der Waals surface area contributed by atoms with Gasteiger partial charge in [0.25, 0.3) is 0 Å². The van der Waals surface area contributed by atoms with Gasteiger partial charge in [0.1, 0.15) is 4.88 Å². The van der Waals surface area contributed by atoms with Gasteiger partial charge >= 0.3 is 5.97 Å². The van der Waals surface area contributed by atoms with E-state index in [1.54, 1.807) is 0 Å². The van der Waals surface area contributed by atoms with Crippen LogP contribution < -0.4 is 4.90 Å². The van der Waals surface area contributed by atoms with E-state index in [0.29, 0.717) is 11.3 Å². The lowest BCUT2D eigenvalue weighted by Gasteiger charge is -2.17. The Hall–Kier alpha value is -1.61. The number of thiophene rings is 1.